The second-order valence-electron chi connectivity index (χ2n) is 3.72. The Kier molecular flexibility index (Phi) is 4.29. The minimum Gasteiger partial charge on any atom is -0.325 e. The van der Waals surface area contributed by atoms with Crippen LogP contribution in [0.3, 0.4) is 0 Å². The van der Waals surface area contributed by atoms with E-state index in [4.69, 9.17) is 11.0 Å². The quantitative estimate of drug-likeness (QED) is 0.895. The molecular formula is C13H14N4S. The first kappa shape index (κ1) is 12.6. The maximum absolute atomic E-state index is 8.75. The van der Waals surface area contributed by atoms with Gasteiger partial charge in [0.15, 0.2) is 5.13 Å². The highest BCUT2D eigenvalue weighted by Gasteiger charge is 2.12. The van der Waals surface area contributed by atoms with Gasteiger partial charge in [0.2, 0.25) is 0 Å². The van der Waals surface area contributed by atoms with E-state index in [0.29, 0.717) is 19.5 Å². The van der Waals surface area contributed by atoms with Gasteiger partial charge in [0.25, 0.3) is 0 Å². The highest BCUT2D eigenvalue weighted by Crippen LogP contribution is 2.28. The summed E-state index contributed by atoms with van der Waals surface area (Å²) < 4.78 is 0. The van der Waals surface area contributed by atoms with Gasteiger partial charge in [0, 0.05) is 24.2 Å². The first-order valence-corrected chi connectivity index (χ1v) is 6.57. The van der Waals surface area contributed by atoms with Gasteiger partial charge in [-0.2, -0.15) is 5.26 Å². The van der Waals surface area contributed by atoms with E-state index in [1.807, 2.05) is 40.6 Å². The van der Waals surface area contributed by atoms with Crippen LogP contribution in [0.2, 0.25) is 0 Å². The van der Waals surface area contributed by atoms with Crippen LogP contribution in [0.4, 0.5) is 10.8 Å². The fraction of sp³-hybridized carbons (Fsp3) is 0.231. The van der Waals surface area contributed by atoms with Crippen molar-refractivity contribution in [2.45, 2.75) is 13.0 Å². The van der Waals surface area contributed by atoms with Crippen molar-refractivity contribution < 1.29 is 0 Å². The summed E-state index contributed by atoms with van der Waals surface area (Å²) in [4.78, 5) is 6.52. The van der Waals surface area contributed by atoms with Crippen LogP contribution in [-0.2, 0) is 6.54 Å². The Hall–Kier alpha value is -1.90. The number of thiazole rings is 1. The fourth-order valence-corrected chi connectivity index (χ4v) is 2.50. The van der Waals surface area contributed by atoms with Gasteiger partial charge < -0.3 is 10.6 Å². The lowest BCUT2D eigenvalue weighted by Gasteiger charge is -2.20. The first-order chi connectivity index (χ1) is 8.85. The minimum atomic E-state index is 0.442. The lowest BCUT2D eigenvalue weighted by Crippen LogP contribution is -2.18. The van der Waals surface area contributed by atoms with E-state index < -0.39 is 0 Å². The lowest BCUT2D eigenvalue weighted by molar-refractivity contribution is 0.925. The number of hydrogen-bond donors (Lipinski definition) is 1. The Labute approximate surface area is 110 Å². The second kappa shape index (κ2) is 6.15. The molecule has 0 saturated heterocycles. The van der Waals surface area contributed by atoms with Crippen LogP contribution < -0.4 is 10.6 Å². The van der Waals surface area contributed by atoms with E-state index in [2.05, 4.69) is 11.1 Å². The fourth-order valence-electron chi connectivity index (χ4n) is 1.62. The molecule has 2 aromatic rings. The van der Waals surface area contributed by atoms with Gasteiger partial charge in [0.1, 0.15) is 0 Å². The van der Waals surface area contributed by atoms with Crippen LogP contribution >= 0.6 is 11.3 Å². The number of para-hydroxylation sites is 1. The van der Waals surface area contributed by atoms with Gasteiger partial charge in [-0.25, -0.2) is 4.98 Å². The molecule has 92 valence electrons. The molecule has 0 spiro atoms. The summed E-state index contributed by atoms with van der Waals surface area (Å²) in [5, 5.41) is 11.6. The van der Waals surface area contributed by atoms with E-state index in [9.17, 15) is 0 Å². The first-order valence-electron chi connectivity index (χ1n) is 5.69. The Morgan fingerprint density at radius 2 is 2.11 bits per heavy atom. The lowest BCUT2D eigenvalue weighted by atomic mass is 10.3. The van der Waals surface area contributed by atoms with Crippen molar-refractivity contribution in [1.82, 2.24) is 4.98 Å². The molecule has 0 bridgehead atoms. The van der Waals surface area contributed by atoms with E-state index in [0.717, 1.165) is 16.5 Å². The van der Waals surface area contributed by atoms with Crippen LogP contribution in [0.15, 0.2) is 35.7 Å². The number of nitrogens with two attached hydrogens (primary N) is 1. The van der Waals surface area contributed by atoms with Gasteiger partial charge in [-0.3, -0.25) is 0 Å². The summed E-state index contributed by atoms with van der Waals surface area (Å²) >= 11 is 1.55. The van der Waals surface area contributed by atoms with Crippen molar-refractivity contribution in [3.63, 3.8) is 0 Å². The molecular weight excluding hydrogens is 244 g/mol. The molecule has 5 heteroatoms. The molecule has 2 rings (SSSR count). The molecule has 0 aliphatic heterocycles. The Morgan fingerprint density at radius 1 is 1.33 bits per heavy atom. The summed E-state index contributed by atoms with van der Waals surface area (Å²) in [6, 6.07) is 12.1. The summed E-state index contributed by atoms with van der Waals surface area (Å²) in [6.07, 6.45) is 0.465. The Morgan fingerprint density at radius 3 is 2.72 bits per heavy atom. The molecule has 18 heavy (non-hydrogen) atoms. The molecule has 4 nitrogen and oxygen atoms in total. The molecule has 0 fully saturated rings. The molecule has 0 aliphatic carbocycles. The summed E-state index contributed by atoms with van der Waals surface area (Å²) in [7, 11) is 0. The second-order valence-corrected chi connectivity index (χ2v) is 4.56. The van der Waals surface area contributed by atoms with Crippen LogP contribution in [-0.4, -0.2) is 11.5 Å². The van der Waals surface area contributed by atoms with Crippen LogP contribution in [0.25, 0.3) is 0 Å². The maximum atomic E-state index is 8.75. The number of aromatic nitrogens is 1. The summed E-state index contributed by atoms with van der Waals surface area (Å²) in [5.41, 5.74) is 7.50. The monoisotopic (exact) mass is 258 g/mol. The smallest absolute Gasteiger partial charge is 0.190 e. The highest BCUT2D eigenvalue weighted by molar-refractivity contribution is 7.13. The van der Waals surface area contributed by atoms with Gasteiger partial charge in [-0.05, 0) is 12.1 Å². The number of benzene rings is 1. The van der Waals surface area contributed by atoms with E-state index in [1.54, 1.807) is 11.3 Å². The number of rotatable bonds is 5. The van der Waals surface area contributed by atoms with Crippen molar-refractivity contribution in [3.8, 4) is 6.07 Å². The highest BCUT2D eigenvalue weighted by atomic mass is 32.1. The number of nitrogens with zero attached hydrogens (tertiary/aromatic N) is 3. The van der Waals surface area contributed by atoms with E-state index in [1.165, 1.54) is 0 Å². The van der Waals surface area contributed by atoms with Crippen LogP contribution in [0, 0.1) is 11.3 Å². The third-order valence-corrected chi connectivity index (χ3v) is 3.41. The van der Waals surface area contributed by atoms with Gasteiger partial charge in [-0.15, -0.1) is 11.3 Å². The topological polar surface area (TPSA) is 65.9 Å². The Bertz CT molecular complexity index is 529. The van der Waals surface area contributed by atoms with Gasteiger partial charge in [-0.1, -0.05) is 18.2 Å². The maximum Gasteiger partial charge on any atom is 0.190 e. The van der Waals surface area contributed by atoms with Crippen molar-refractivity contribution in [3.05, 3.63) is 41.4 Å². The third kappa shape index (κ3) is 2.86. The average molecular weight is 258 g/mol. The molecule has 1 aromatic heterocycles. The van der Waals surface area contributed by atoms with Crippen molar-refractivity contribution in [1.29, 1.82) is 5.26 Å². The number of hydrogen-bond acceptors (Lipinski definition) is 5. The third-order valence-electron chi connectivity index (χ3n) is 2.49. The zero-order chi connectivity index (χ0) is 12.8. The Balaban J connectivity index is 2.28. The van der Waals surface area contributed by atoms with Gasteiger partial charge >= 0.3 is 0 Å². The SMILES string of the molecule is N#CCCN(c1ccccc1)c1nc(CN)cs1. The molecule has 0 saturated carbocycles. The van der Waals surface area contributed by atoms with E-state index >= 15 is 0 Å². The molecule has 1 heterocycles. The van der Waals surface area contributed by atoms with E-state index in [-0.39, 0.29) is 0 Å². The van der Waals surface area contributed by atoms with Crippen LogP contribution in [0.5, 0.6) is 0 Å². The molecule has 2 N–H and O–H groups in total. The average Bonchev–Trinajstić information content (AvgIpc) is 2.89. The molecule has 0 unspecified atom stereocenters. The minimum absolute atomic E-state index is 0.442. The number of anilines is 2. The van der Waals surface area contributed by atoms with Crippen molar-refractivity contribution in [2.24, 2.45) is 5.73 Å². The normalized spacial score (nSPS) is 10.0. The van der Waals surface area contributed by atoms with Gasteiger partial charge in [0.05, 0.1) is 18.2 Å². The largest absolute Gasteiger partial charge is 0.325 e. The molecule has 1 aromatic carbocycles. The molecule has 0 aliphatic rings. The zero-order valence-corrected chi connectivity index (χ0v) is 10.7. The van der Waals surface area contributed by atoms with Crippen molar-refractivity contribution >= 4 is 22.2 Å². The van der Waals surface area contributed by atoms with Crippen molar-refractivity contribution in [2.75, 3.05) is 11.4 Å². The standard InChI is InChI=1S/C13H14N4S/c14-7-4-8-17(12-5-2-1-3-6-12)13-16-11(9-15)10-18-13/h1-3,5-6,10H,4,8-9,15H2. The predicted octanol–water partition coefficient (Wildman–Crippen LogP) is 2.65. The van der Waals surface area contributed by atoms with Crippen LogP contribution in [0.1, 0.15) is 12.1 Å². The summed E-state index contributed by atoms with van der Waals surface area (Å²) in [6.45, 7) is 1.08. The number of nitriles is 1. The summed E-state index contributed by atoms with van der Waals surface area (Å²) in [5.74, 6) is 0. The molecule has 0 radical (unpaired) electrons. The molecule has 0 atom stereocenters. The predicted molar refractivity (Wildman–Crippen MR) is 73.7 cm³/mol. The molecule has 0 amide bonds. The zero-order valence-electron chi connectivity index (χ0n) is 9.91.